The minimum atomic E-state index is -1.48. The van der Waals surface area contributed by atoms with E-state index >= 15 is 0 Å². The lowest BCUT2D eigenvalue weighted by atomic mass is 9.77. The van der Waals surface area contributed by atoms with Gasteiger partial charge in [-0.25, -0.2) is 4.79 Å². The van der Waals surface area contributed by atoms with Gasteiger partial charge in [-0.3, -0.25) is 19.2 Å². The summed E-state index contributed by atoms with van der Waals surface area (Å²) in [6.45, 7) is 7.12. The van der Waals surface area contributed by atoms with E-state index in [0.29, 0.717) is 11.1 Å². The van der Waals surface area contributed by atoms with Crippen molar-refractivity contribution >= 4 is 30.0 Å². The molecule has 0 unspecified atom stereocenters. The van der Waals surface area contributed by atoms with Crippen molar-refractivity contribution in [3.8, 4) is 0 Å². The number of esters is 4. The fourth-order valence-electron chi connectivity index (χ4n) is 3.33. The molecule has 0 fully saturated rings. The second-order valence-corrected chi connectivity index (χ2v) is 7.69. The summed E-state index contributed by atoms with van der Waals surface area (Å²) in [5, 5.41) is 0. The first kappa shape index (κ1) is 39.2. The van der Waals surface area contributed by atoms with Crippen LogP contribution in [0.2, 0.25) is 0 Å². The molecule has 0 saturated carbocycles. The molecule has 0 saturated heterocycles. The van der Waals surface area contributed by atoms with Crippen LogP contribution in [0.4, 0.5) is 4.79 Å². The second kappa shape index (κ2) is 21.8. The van der Waals surface area contributed by atoms with Crippen LogP contribution in [0.25, 0.3) is 0 Å². The molecule has 2 aromatic carbocycles. The van der Waals surface area contributed by atoms with E-state index < -0.39 is 41.4 Å². The van der Waals surface area contributed by atoms with Gasteiger partial charge in [0, 0.05) is 0 Å². The molecule has 2 aromatic rings. The lowest BCUT2D eigenvalue weighted by molar-refractivity contribution is -0.162. The summed E-state index contributed by atoms with van der Waals surface area (Å²) in [4.78, 5) is 57.0. The van der Waals surface area contributed by atoms with Crippen molar-refractivity contribution in [1.29, 1.82) is 0 Å². The smallest absolute Gasteiger partial charge is 0.468 e. The molecular weight excluding hydrogens is 548 g/mol. The molecule has 0 radical (unpaired) electrons. The molecule has 230 valence electrons. The van der Waals surface area contributed by atoms with Crippen LogP contribution >= 0.6 is 0 Å². The van der Waals surface area contributed by atoms with Gasteiger partial charge in [0.15, 0.2) is 11.3 Å². The van der Waals surface area contributed by atoms with Gasteiger partial charge >= 0.3 is 30.0 Å². The summed E-state index contributed by atoms with van der Waals surface area (Å²) in [7, 11) is 6.21. The minimum Gasteiger partial charge on any atom is -0.468 e. The monoisotopic (exact) mass is 588 g/mol. The number of carbonyl (C=O) groups excluding carboxylic acids is 5. The van der Waals surface area contributed by atoms with Gasteiger partial charge in [0.2, 0.25) is 0 Å². The molecule has 0 aliphatic carbocycles. The number of methoxy groups -OCH3 is 5. The molecule has 0 spiro atoms. The molecule has 0 amide bonds. The first-order valence-corrected chi connectivity index (χ1v) is 12.0. The SMILES string of the molecule is C.C=CCC(C(=O)OC)(C(=O)OC)c1ccccc1.C=CCOC(=O)OC.COC(=O)C(C(=O)OC)c1ccccc1. The Balaban J connectivity index is 0. The second-order valence-electron chi connectivity index (χ2n) is 7.69. The van der Waals surface area contributed by atoms with Crippen LogP contribution in [0, 0.1) is 0 Å². The van der Waals surface area contributed by atoms with Crippen LogP contribution in [0.15, 0.2) is 86.0 Å². The summed E-state index contributed by atoms with van der Waals surface area (Å²) in [6.07, 6.45) is 2.42. The van der Waals surface area contributed by atoms with Gasteiger partial charge in [-0.05, 0) is 17.5 Å². The minimum absolute atomic E-state index is 0. The van der Waals surface area contributed by atoms with Crippen LogP contribution in [0.5, 0.6) is 0 Å². The highest BCUT2D eigenvalue weighted by atomic mass is 16.7. The Morgan fingerprint density at radius 3 is 1.50 bits per heavy atom. The molecule has 0 heterocycles. The Kier molecular flexibility index (Phi) is 20.4. The number of hydrogen-bond donors (Lipinski definition) is 0. The number of allylic oxidation sites excluding steroid dienone is 1. The van der Waals surface area contributed by atoms with Gasteiger partial charge in [0.1, 0.15) is 6.61 Å². The highest BCUT2D eigenvalue weighted by Gasteiger charge is 2.49. The summed E-state index contributed by atoms with van der Waals surface area (Å²) in [5.74, 6) is -3.54. The van der Waals surface area contributed by atoms with Crippen molar-refractivity contribution in [2.45, 2.75) is 25.2 Å². The quantitative estimate of drug-likeness (QED) is 0.167. The number of benzene rings is 2. The molecule has 0 N–H and O–H groups in total. The van der Waals surface area contributed by atoms with Crippen molar-refractivity contribution in [1.82, 2.24) is 0 Å². The molecule has 11 heteroatoms. The molecule has 0 atom stereocenters. The third-order valence-corrected chi connectivity index (χ3v) is 5.28. The fourth-order valence-corrected chi connectivity index (χ4v) is 3.33. The van der Waals surface area contributed by atoms with Gasteiger partial charge in [0.05, 0.1) is 35.5 Å². The third kappa shape index (κ3) is 11.7. The summed E-state index contributed by atoms with van der Waals surface area (Å²) in [6, 6.07) is 17.3. The highest BCUT2D eigenvalue weighted by Crippen LogP contribution is 2.31. The highest BCUT2D eigenvalue weighted by molar-refractivity contribution is 6.06. The van der Waals surface area contributed by atoms with E-state index in [0.717, 1.165) is 0 Å². The van der Waals surface area contributed by atoms with Crippen LogP contribution in [0.3, 0.4) is 0 Å². The van der Waals surface area contributed by atoms with E-state index in [1.165, 1.54) is 47.7 Å². The summed E-state index contributed by atoms with van der Waals surface area (Å²) < 4.78 is 27.1. The Bertz CT molecular complexity index is 1100. The number of ether oxygens (including phenoxy) is 6. The maximum Gasteiger partial charge on any atom is 0.508 e. The molecule has 0 bridgehead atoms. The van der Waals surface area contributed by atoms with Crippen molar-refractivity contribution in [2.24, 2.45) is 0 Å². The van der Waals surface area contributed by atoms with Crippen molar-refractivity contribution in [2.75, 3.05) is 42.2 Å². The third-order valence-electron chi connectivity index (χ3n) is 5.28. The molecule has 0 aliphatic rings. The van der Waals surface area contributed by atoms with Crippen molar-refractivity contribution < 1.29 is 52.4 Å². The number of hydrogen-bond acceptors (Lipinski definition) is 11. The normalized spacial score (nSPS) is 9.48. The van der Waals surface area contributed by atoms with Gasteiger partial charge in [-0.1, -0.05) is 86.8 Å². The lowest BCUT2D eigenvalue weighted by Gasteiger charge is -2.27. The Labute approximate surface area is 247 Å². The fraction of sp³-hybridized carbons (Fsp3) is 0.323. The van der Waals surface area contributed by atoms with Crippen molar-refractivity contribution in [3.63, 3.8) is 0 Å². The predicted molar refractivity (Wildman–Crippen MR) is 155 cm³/mol. The molecule has 11 nitrogen and oxygen atoms in total. The topological polar surface area (TPSA) is 141 Å². The largest absolute Gasteiger partial charge is 0.508 e. The van der Waals surface area contributed by atoms with Gasteiger partial charge < -0.3 is 28.4 Å². The number of carbonyl (C=O) groups is 5. The van der Waals surface area contributed by atoms with E-state index in [9.17, 15) is 24.0 Å². The average molecular weight is 589 g/mol. The van der Waals surface area contributed by atoms with E-state index in [4.69, 9.17) is 9.47 Å². The molecule has 42 heavy (non-hydrogen) atoms. The zero-order valence-corrected chi connectivity index (χ0v) is 23.8. The van der Waals surface area contributed by atoms with E-state index in [2.05, 4.69) is 32.1 Å². The summed E-state index contributed by atoms with van der Waals surface area (Å²) >= 11 is 0. The Hall–Kier alpha value is -4.93. The zero-order chi connectivity index (χ0) is 31.3. The standard InChI is InChI=1S/C14H16O4.C11H12O4.C5H8O3.CH4/c1-4-10-14(12(15)17-2,13(16)18-3)11-8-6-5-7-9-11;1-14-10(12)9(11(13)15-2)8-6-4-3-5-7-8;1-3-4-8-5(6)7-2;/h4-9H,1,10H2,2-3H3;3-7,9H,1-2H3;3H,1,4H2,2H3;1H4. The molecular formula is C31H40O11. The van der Waals surface area contributed by atoms with Crippen LogP contribution in [-0.4, -0.2) is 72.2 Å². The van der Waals surface area contributed by atoms with Gasteiger partial charge in [0.25, 0.3) is 0 Å². The van der Waals surface area contributed by atoms with E-state index in [-0.39, 0.29) is 20.5 Å². The van der Waals surface area contributed by atoms with Gasteiger partial charge in [-0.15, -0.1) is 6.58 Å². The summed E-state index contributed by atoms with van der Waals surface area (Å²) in [5.41, 5.74) is -0.383. The maximum atomic E-state index is 12.1. The maximum absolute atomic E-state index is 12.1. The lowest BCUT2D eigenvalue weighted by Crippen LogP contribution is -2.45. The van der Waals surface area contributed by atoms with Crippen LogP contribution < -0.4 is 0 Å². The van der Waals surface area contributed by atoms with E-state index in [1.807, 2.05) is 0 Å². The Morgan fingerprint density at radius 2 is 1.14 bits per heavy atom. The first-order valence-electron chi connectivity index (χ1n) is 12.0. The van der Waals surface area contributed by atoms with Gasteiger partial charge in [-0.2, -0.15) is 0 Å². The molecule has 2 rings (SSSR count). The number of rotatable bonds is 10. The van der Waals surface area contributed by atoms with E-state index in [1.54, 1.807) is 60.7 Å². The Morgan fingerprint density at radius 1 is 0.690 bits per heavy atom. The predicted octanol–water partition coefficient (Wildman–Crippen LogP) is 4.55. The van der Waals surface area contributed by atoms with Crippen molar-refractivity contribution in [3.05, 3.63) is 97.1 Å². The molecule has 0 aliphatic heterocycles. The molecule has 0 aromatic heterocycles. The first-order chi connectivity index (χ1) is 19.6. The van der Waals surface area contributed by atoms with Crippen LogP contribution in [-0.2, 0) is 53.0 Å². The zero-order valence-electron chi connectivity index (χ0n) is 23.8. The average Bonchev–Trinajstić information content (AvgIpc) is 3.03. The van der Waals surface area contributed by atoms with Crippen LogP contribution in [0.1, 0.15) is 30.9 Å².